The van der Waals surface area contributed by atoms with Crippen molar-refractivity contribution < 1.29 is 0 Å². The Kier molecular flexibility index (Phi) is 5.67. The van der Waals surface area contributed by atoms with Crippen LogP contribution < -0.4 is 4.90 Å². The second kappa shape index (κ2) is 7.27. The van der Waals surface area contributed by atoms with Gasteiger partial charge in [0.15, 0.2) is 0 Å². The number of hydrogen-bond acceptors (Lipinski definition) is 2. The van der Waals surface area contributed by atoms with Crippen LogP contribution in [0.4, 0.5) is 5.82 Å². The number of benzene rings is 1. The van der Waals surface area contributed by atoms with Gasteiger partial charge in [-0.05, 0) is 43.5 Å². The van der Waals surface area contributed by atoms with E-state index in [2.05, 4.69) is 53.9 Å². The lowest BCUT2D eigenvalue weighted by Gasteiger charge is -2.24. The van der Waals surface area contributed by atoms with Crippen molar-refractivity contribution in [2.45, 2.75) is 6.54 Å². The molecule has 100 valence electrons. The Morgan fingerprint density at radius 1 is 1.16 bits per heavy atom. The van der Waals surface area contributed by atoms with Gasteiger partial charge in [0, 0.05) is 29.6 Å². The summed E-state index contributed by atoms with van der Waals surface area (Å²) >= 11 is 12.9. The number of nitrogens with zero attached hydrogens (tertiary/aromatic N) is 2. The largest absolute Gasteiger partial charge is 0.350 e. The van der Waals surface area contributed by atoms with Gasteiger partial charge in [-0.25, -0.2) is 4.98 Å². The fourth-order valence-corrected chi connectivity index (χ4v) is 3.25. The van der Waals surface area contributed by atoms with Crippen molar-refractivity contribution in [2.24, 2.45) is 0 Å². The van der Waals surface area contributed by atoms with Gasteiger partial charge in [0.05, 0.1) is 4.47 Å². The van der Waals surface area contributed by atoms with Crippen molar-refractivity contribution >= 4 is 49.3 Å². The second-order valence-corrected chi connectivity index (χ2v) is 6.20. The van der Waals surface area contributed by atoms with Crippen LogP contribution in [-0.2, 0) is 6.54 Å². The molecule has 0 aliphatic heterocycles. The summed E-state index contributed by atoms with van der Waals surface area (Å²) in [6.45, 7) is 1.55. The minimum atomic E-state index is 0.566. The van der Waals surface area contributed by atoms with E-state index in [4.69, 9.17) is 11.6 Å². The van der Waals surface area contributed by atoms with Gasteiger partial charge < -0.3 is 4.90 Å². The van der Waals surface area contributed by atoms with E-state index in [9.17, 15) is 0 Å². The van der Waals surface area contributed by atoms with E-state index >= 15 is 0 Å². The molecule has 2 aromatic rings. The summed E-state index contributed by atoms with van der Waals surface area (Å²) < 4.78 is 1.91. The lowest BCUT2D eigenvalue weighted by Crippen LogP contribution is -2.26. The molecule has 0 unspecified atom stereocenters. The Hall–Kier alpha value is -0.580. The summed E-state index contributed by atoms with van der Waals surface area (Å²) in [5.41, 5.74) is 1.24. The molecule has 0 bridgehead atoms. The molecule has 1 aromatic carbocycles. The Morgan fingerprint density at radius 2 is 1.89 bits per heavy atom. The molecule has 19 heavy (non-hydrogen) atoms. The number of hydrogen-bond donors (Lipinski definition) is 0. The molecule has 0 saturated carbocycles. The van der Waals surface area contributed by atoms with Crippen LogP contribution in [-0.4, -0.2) is 17.4 Å². The van der Waals surface area contributed by atoms with Crippen LogP contribution in [0.15, 0.2) is 51.5 Å². The Bertz CT molecular complexity index is 534. The minimum absolute atomic E-state index is 0.566. The molecule has 5 heteroatoms. The number of aromatic nitrogens is 1. The summed E-state index contributed by atoms with van der Waals surface area (Å²) in [4.78, 5) is 6.63. The first kappa shape index (κ1) is 14.8. The molecule has 0 fully saturated rings. The van der Waals surface area contributed by atoms with Crippen LogP contribution in [0, 0.1) is 0 Å². The zero-order valence-electron chi connectivity index (χ0n) is 10.2. The van der Waals surface area contributed by atoms with Gasteiger partial charge in [-0.2, -0.15) is 0 Å². The summed E-state index contributed by atoms with van der Waals surface area (Å²) in [5, 5.41) is 0. The molecule has 0 aliphatic rings. The van der Waals surface area contributed by atoms with E-state index in [0.29, 0.717) is 5.88 Å². The molecular formula is C14H13Br2ClN2. The maximum atomic E-state index is 5.90. The van der Waals surface area contributed by atoms with Gasteiger partial charge >= 0.3 is 0 Å². The normalized spacial score (nSPS) is 10.5. The fourth-order valence-electron chi connectivity index (χ4n) is 1.81. The Balaban J connectivity index is 2.24. The van der Waals surface area contributed by atoms with Crippen LogP contribution in [0.3, 0.4) is 0 Å². The highest BCUT2D eigenvalue weighted by Crippen LogP contribution is 2.27. The molecule has 0 spiro atoms. The maximum Gasteiger partial charge on any atom is 0.143 e. The molecule has 0 amide bonds. The van der Waals surface area contributed by atoms with Crippen LogP contribution in [0.25, 0.3) is 0 Å². The molecule has 0 radical (unpaired) electrons. The van der Waals surface area contributed by atoms with Crippen molar-refractivity contribution in [2.75, 3.05) is 17.3 Å². The predicted octanol–water partition coefficient (Wildman–Crippen LogP) is 4.85. The number of alkyl halides is 1. The number of pyridine rings is 1. The highest BCUT2D eigenvalue weighted by atomic mass is 79.9. The van der Waals surface area contributed by atoms with E-state index in [1.54, 1.807) is 6.20 Å². The summed E-state index contributed by atoms with van der Waals surface area (Å²) in [6.07, 6.45) is 1.80. The third kappa shape index (κ3) is 4.20. The second-order valence-electron chi connectivity index (χ2n) is 4.06. The highest BCUT2D eigenvalue weighted by molar-refractivity contribution is 9.11. The van der Waals surface area contributed by atoms with E-state index in [1.807, 2.05) is 24.3 Å². The molecule has 2 nitrogen and oxygen atoms in total. The van der Waals surface area contributed by atoms with Crippen molar-refractivity contribution in [3.63, 3.8) is 0 Å². The Labute approximate surface area is 135 Å². The molecule has 1 heterocycles. The Morgan fingerprint density at radius 3 is 2.53 bits per heavy atom. The number of rotatable bonds is 5. The maximum absolute atomic E-state index is 5.90. The van der Waals surface area contributed by atoms with Crippen LogP contribution >= 0.6 is 43.5 Å². The van der Waals surface area contributed by atoms with Crippen LogP contribution in [0.2, 0.25) is 0 Å². The highest BCUT2D eigenvalue weighted by Gasteiger charge is 2.12. The van der Waals surface area contributed by atoms with E-state index in [-0.39, 0.29) is 0 Å². The molecule has 0 saturated heterocycles. The number of halogens is 3. The standard InChI is InChI=1S/C14H13Br2ClN2/c15-12-8-13(16)14(18-9-12)19(7-6-17)10-11-4-2-1-3-5-11/h1-5,8-9H,6-7,10H2. The average molecular weight is 405 g/mol. The molecule has 0 aliphatic carbocycles. The first-order valence-electron chi connectivity index (χ1n) is 5.86. The zero-order chi connectivity index (χ0) is 13.7. The topological polar surface area (TPSA) is 16.1 Å². The zero-order valence-corrected chi connectivity index (χ0v) is 14.1. The first-order chi connectivity index (χ1) is 9.20. The smallest absolute Gasteiger partial charge is 0.143 e. The van der Waals surface area contributed by atoms with Crippen molar-refractivity contribution in [1.82, 2.24) is 4.98 Å². The lowest BCUT2D eigenvalue weighted by molar-refractivity contribution is 0.813. The molecule has 0 atom stereocenters. The first-order valence-corrected chi connectivity index (χ1v) is 7.98. The monoisotopic (exact) mass is 402 g/mol. The summed E-state index contributed by atoms with van der Waals surface area (Å²) in [7, 11) is 0. The third-order valence-electron chi connectivity index (χ3n) is 2.66. The third-order valence-corrected chi connectivity index (χ3v) is 3.84. The van der Waals surface area contributed by atoms with Crippen molar-refractivity contribution in [3.05, 3.63) is 57.1 Å². The number of anilines is 1. The van der Waals surface area contributed by atoms with E-state index < -0.39 is 0 Å². The van der Waals surface area contributed by atoms with Crippen LogP contribution in [0.1, 0.15) is 5.56 Å². The quantitative estimate of drug-likeness (QED) is 0.662. The lowest BCUT2D eigenvalue weighted by atomic mass is 10.2. The van der Waals surface area contributed by atoms with Gasteiger partial charge in [-0.3, -0.25) is 0 Å². The molecule has 2 rings (SSSR count). The van der Waals surface area contributed by atoms with Gasteiger partial charge in [-0.1, -0.05) is 30.3 Å². The van der Waals surface area contributed by atoms with Crippen LogP contribution in [0.5, 0.6) is 0 Å². The molecular weight excluding hydrogens is 391 g/mol. The van der Waals surface area contributed by atoms with Gasteiger partial charge in [0.25, 0.3) is 0 Å². The van der Waals surface area contributed by atoms with Gasteiger partial charge in [-0.15, -0.1) is 11.6 Å². The van der Waals surface area contributed by atoms with E-state index in [1.165, 1.54) is 5.56 Å². The summed E-state index contributed by atoms with van der Waals surface area (Å²) in [6, 6.07) is 12.3. The average Bonchev–Trinajstić information content (AvgIpc) is 2.39. The van der Waals surface area contributed by atoms with Gasteiger partial charge in [0.2, 0.25) is 0 Å². The van der Waals surface area contributed by atoms with Gasteiger partial charge in [0.1, 0.15) is 5.82 Å². The SMILES string of the molecule is ClCCN(Cc1ccccc1)c1ncc(Br)cc1Br. The summed E-state index contributed by atoms with van der Waals surface area (Å²) in [5.74, 6) is 1.48. The van der Waals surface area contributed by atoms with E-state index in [0.717, 1.165) is 27.9 Å². The minimum Gasteiger partial charge on any atom is -0.350 e. The molecule has 1 aromatic heterocycles. The predicted molar refractivity (Wildman–Crippen MR) is 87.8 cm³/mol. The van der Waals surface area contributed by atoms with Crippen molar-refractivity contribution in [3.8, 4) is 0 Å². The van der Waals surface area contributed by atoms with Crippen molar-refractivity contribution in [1.29, 1.82) is 0 Å². The fraction of sp³-hybridized carbons (Fsp3) is 0.214. The molecule has 0 N–H and O–H groups in total.